The summed E-state index contributed by atoms with van der Waals surface area (Å²) >= 11 is 0. The number of amides is 1. The lowest BCUT2D eigenvalue weighted by Crippen LogP contribution is -2.49. The third kappa shape index (κ3) is 6.63. The Hall–Kier alpha value is -3.78. The van der Waals surface area contributed by atoms with Gasteiger partial charge in [0.2, 0.25) is 15.9 Å². The van der Waals surface area contributed by atoms with E-state index in [-0.39, 0.29) is 16.8 Å². The molecule has 5 rings (SSSR count). The van der Waals surface area contributed by atoms with E-state index in [9.17, 15) is 13.2 Å². The molecule has 0 aromatic heterocycles. The molecule has 200 valence electrons. The Morgan fingerprint density at radius 2 is 1.21 bits per heavy atom. The van der Waals surface area contributed by atoms with Crippen LogP contribution in [0.5, 0.6) is 0 Å². The maximum absolute atomic E-state index is 13.4. The molecule has 6 nitrogen and oxygen atoms in total. The topological polar surface area (TPSA) is 69.7 Å². The number of hydrogen-bond acceptors (Lipinski definition) is 4. The van der Waals surface area contributed by atoms with E-state index in [0.717, 1.165) is 5.56 Å². The number of piperazine rings is 1. The maximum atomic E-state index is 13.4. The summed E-state index contributed by atoms with van der Waals surface area (Å²) < 4.78 is 28.4. The van der Waals surface area contributed by atoms with Crippen LogP contribution in [-0.2, 0) is 21.2 Å². The van der Waals surface area contributed by atoms with Gasteiger partial charge >= 0.3 is 0 Å². The van der Waals surface area contributed by atoms with E-state index in [1.807, 2.05) is 66.7 Å². The molecule has 1 N–H and O–H groups in total. The first-order valence-electron chi connectivity index (χ1n) is 13.3. The molecule has 1 saturated heterocycles. The molecule has 0 spiro atoms. The molecule has 0 radical (unpaired) electrons. The highest BCUT2D eigenvalue weighted by atomic mass is 32.2. The van der Waals surface area contributed by atoms with Crippen LogP contribution in [0, 0.1) is 0 Å². The number of hydrogen-bond donors (Lipinski definition) is 1. The van der Waals surface area contributed by atoms with Gasteiger partial charge in [-0.1, -0.05) is 91.0 Å². The van der Waals surface area contributed by atoms with Crippen molar-refractivity contribution in [2.45, 2.75) is 23.8 Å². The molecule has 1 aliphatic rings. The van der Waals surface area contributed by atoms with Crippen LogP contribution in [0.4, 0.5) is 5.69 Å². The van der Waals surface area contributed by atoms with Crippen molar-refractivity contribution >= 4 is 21.6 Å². The van der Waals surface area contributed by atoms with E-state index >= 15 is 0 Å². The first-order valence-corrected chi connectivity index (χ1v) is 14.7. The van der Waals surface area contributed by atoms with E-state index in [4.69, 9.17) is 0 Å². The number of benzene rings is 4. The minimum Gasteiger partial charge on any atom is -0.326 e. The summed E-state index contributed by atoms with van der Waals surface area (Å²) in [4.78, 5) is 15.0. The summed E-state index contributed by atoms with van der Waals surface area (Å²) in [5, 5.41) is 2.87. The third-order valence-corrected chi connectivity index (χ3v) is 9.04. The molecular formula is C32H33N3O3S. The summed E-state index contributed by atoms with van der Waals surface area (Å²) in [5.74, 6) is -0.100. The van der Waals surface area contributed by atoms with E-state index in [1.54, 1.807) is 28.6 Å². The minimum atomic E-state index is -3.64. The average Bonchev–Trinajstić information content (AvgIpc) is 2.98. The van der Waals surface area contributed by atoms with Gasteiger partial charge in [0.25, 0.3) is 0 Å². The normalized spacial score (nSPS) is 14.8. The van der Waals surface area contributed by atoms with Gasteiger partial charge in [0.1, 0.15) is 0 Å². The molecule has 0 atom stereocenters. The summed E-state index contributed by atoms with van der Waals surface area (Å²) in [6, 6.07) is 37.1. The molecular weight excluding hydrogens is 506 g/mol. The number of anilines is 1. The number of nitrogens with one attached hydrogen (secondary N) is 1. The second-order valence-electron chi connectivity index (χ2n) is 9.72. The molecule has 1 heterocycles. The molecule has 4 aromatic carbocycles. The summed E-state index contributed by atoms with van der Waals surface area (Å²) in [6.07, 6.45) is 1.02. The largest absolute Gasteiger partial charge is 0.326 e. The molecule has 1 aliphatic heterocycles. The van der Waals surface area contributed by atoms with Crippen LogP contribution in [-0.4, -0.2) is 49.7 Å². The number of carbonyl (C=O) groups is 1. The summed E-state index contributed by atoms with van der Waals surface area (Å²) in [5.41, 5.74) is 4.08. The van der Waals surface area contributed by atoms with Crippen LogP contribution in [0.15, 0.2) is 120 Å². The molecule has 0 aliphatic carbocycles. The molecule has 0 bridgehead atoms. The Balaban J connectivity index is 1.21. The van der Waals surface area contributed by atoms with Crippen LogP contribution in [0.3, 0.4) is 0 Å². The highest BCUT2D eigenvalue weighted by Crippen LogP contribution is 2.30. The first-order chi connectivity index (χ1) is 19.0. The SMILES string of the molecule is O=C(CCc1ccccc1)Nc1ccc(S(=O)(=O)N2CCN(C(c3ccccc3)c3ccccc3)CC2)cc1. The summed E-state index contributed by atoms with van der Waals surface area (Å²) in [6.45, 7) is 2.08. The zero-order valence-electron chi connectivity index (χ0n) is 21.8. The van der Waals surface area contributed by atoms with Crippen molar-refractivity contribution in [2.24, 2.45) is 0 Å². The second kappa shape index (κ2) is 12.4. The lowest BCUT2D eigenvalue weighted by molar-refractivity contribution is -0.116. The van der Waals surface area contributed by atoms with Gasteiger partial charge in [0.05, 0.1) is 10.9 Å². The second-order valence-corrected chi connectivity index (χ2v) is 11.7. The zero-order chi connectivity index (χ0) is 27.1. The Bertz CT molecular complexity index is 1410. The van der Waals surface area contributed by atoms with Gasteiger partial charge < -0.3 is 5.32 Å². The van der Waals surface area contributed by atoms with Gasteiger partial charge in [-0.2, -0.15) is 4.31 Å². The number of aryl methyl sites for hydroxylation is 1. The van der Waals surface area contributed by atoms with Crippen molar-refractivity contribution in [3.05, 3.63) is 132 Å². The van der Waals surface area contributed by atoms with Gasteiger partial charge in [0, 0.05) is 38.3 Å². The molecule has 0 saturated carbocycles. The smallest absolute Gasteiger partial charge is 0.243 e. The number of carbonyl (C=O) groups excluding carboxylic acids is 1. The average molecular weight is 540 g/mol. The van der Waals surface area contributed by atoms with Gasteiger partial charge in [-0.3, -0.25) is 9.69 Å². The zero-order valence-corrected chi connectivity index (χ0v) is 22.6. The number of nitrogens with zero attached hydrogens (tertiary/aromatic N) is 2. The Morgan fingerprint density at radius 3 is 1.74 bits per heavy atom. The maximum Gasteiger partial charge on any atom is 0.243 e. The first kappa shape index (κ1) is 26.8. The van der Waals surface area contributed by atoms with Crippen LogP contribution in [0.1, 0.15) is 29.2 Å². The lowest BCUT2D eigenvalue weighted by atomic mass is 9.96. The highest BCUT2D eigenvalue weighted by Gasteiger charge is 2.32. The van der Waals surface area contributed by atoms with Gasteiger partial charge in [-0.15, -0.1) is 0 Å². The molecule has 1 fully saturated rings. The van der Waals surface area contributed by atoms with Crippen molar-refractivity contribution < 1.29 is 13.2 Å². The fourth-order valence-corrected chi connectivity index (χ4v) is 6.49. The Kier molecular flexibility index (Phi) is 8.51. The Morgan fingerprint density at radius 1 is 0.692 bits per heavy atom. The molecule has 1 amide bonds. The summed E-state index contributed by atoms with van der Waals surface area (Å²) in [7, 11) is -3.64. The third-order valence-electron chi connectivity index (χ3n) is 7.13. The lowest BCUT2D eigenvalue weighted by Gasteiger charge is -2.39. The molecule has 4 aromatic rings. The molecule has 7 heteroatoms. The quantitative estimate of drug-likeness (QED) is 0.311. The van der Waals surface area contributed by atoms with Crippen LogP contribution < -0.4 is 5.32 Å². The van der Waals surface area contributed by atoms with Crippen molar-refractivity contribution in [1.82, 2.24) is 9.21 Å². The standard InChI is InChI=1S/C32H33N3O3S/c36-31(21-16-26-10-4-1-5-11-26)33-29-17-19-30(20-18-29)39(37,38)35-24-22-34(23-25-35)32(27-12-6-2-7-13-27)28-14-8-3-9-15-28/h1-15,17-20,32H,16,21-25H2,(H,33,36). The van der Waals surface area contributed by atoms with Crippen molar-refractivity contribution in [2.75, 3.05) is 31.5 Å². The van der Waals surface area contributed by atoms with Crippen molar-refractivity contribution in [3.63, 3.8) is 0 Å². The monoisotopic (exact) mass is 539 g/mol. The van der Waals surface area contributed by atoms with Crippen LogP contribution in [0.25, 0.3) is 0 Å². The van der Waals surface area contributed by atoms with Crippen LogP contribution >= 0.6 is 0 Å². The number of sulfonamides is 1. The predicted molar refractivity (Wildman–Crippen MR) is 155 cm³/mol. The minimum absolute atomic E-state index is 0.0713. The van der Waals surface area contributed by atoms with Gasteiger partial charge in [-0.05, 0) is 47.4 Å². The van der Waals surface area contributed by atoms with Gasteiger partial charge in [0.15, 0.2) is 0 Å². The Labute approximate surface area is 231 Å². The van der Waals surface area contributed by atoms with E-state index in [2.05, 4.69) is 34.5 Å². The van der Waals surface area contributed by atoms with E-state index < -0.39 is 10.0 Å². The predicted octanol–water partition coefficient (Wildman–Crippen LogP) is 5.35. The fourth-order valence-electron chi connectivity index (χ4n) is 5.07. The van der Waals surface area contributed by atoms with Crippen molar-refractivity contribution in [3.8, 4) is 0 Å². The molecule has 0 unspecified atom stereocenters. The van der Waals surface area contributed by atoms with Crippen molar-refractivity contribution in [1.29, 1.82) is 0 Å². The number of rotatable bonds is 9. The van der Waals surface area contributed by atoms with E-state index in [1.165, 1.54) is 11.1 Å². The molecule has 39 heavy (non-hydrogen) atoms. The van der Waals surface area contributed by atoms with Gasteiger partial charge in [-0.25, -0.2) is 8.42 Å². The van der Waals surface area contributed by atoms with Crippen LogP contribution in [0.2, 0.25) is 0 Å². The van der Waals surface area contributed by atoms with E-state index in [0.29, 0.717) is 44.7 Å². The highest BCUT2D eigenvalue weighted by molar-refractivity contribution is 7.89. The fraction of sp³-hybridized carbons (Fsp3) is 0.219.